The Morgan fingerprint density at radius 3 is 2.67 bits per heavy atom. The van der Waals surface area contributed by atoms with Crippen LogP contribution < -0.4 is 0 Å². The van der Waals surface area contributed by atoms with Crippen LogP contribution in [-0.4, -0.2) is 42.1 Å². The minimum atomic E-state index is -3.38. The van der Waals surface area contributed by atoms with E-state index in [-0.39, 0.29) is 18.2 Å². The van der Waals surface area contributed by atoms with Crippen LogP contribution in [0.1, 0.15) is 32.6 Å². The monoisotopic (exact) mass is 235 g/mol. The SMILES string of the molecule is CC1CCCCN1S(=O)(=O)CCC(=O)O. The Kier molecular flexibility index (Phi) is 4.10. The predicted octanol–water partition coefficient (Wildman–Crippen LogP) is 0.665. The molecule has 0 aromatic rings. The van der Waals surface area contributed by atoms with E-state index in [1.54, 1.807) is 0 Å². The lowest BCUT2D eigenvalue weighted by Gasteiger charge is -2.32. The molecule has 1 fully saturated rings. The van der Waals surface area contributed by atoms with Crippen molar-refractivity contribution in [2.75, 3.05) is 12.3 Å². The normalized spacial score (nSPS) is 23.9. The number of carboxylic acid groups (broad SMARTS) is 1. The third-order valence-corrected chi connectivity index (χ3v) is 4.65. The Hall–Kier alpha value is -0.620. The molecule has 5 nitrogen and oxygen atoms in total. The first-order valence-electron chi connectivity index (χ1n) is 5.15. The van der Waals surface area contributed by atoms with Gasteiger partial charge in [0.15, 0.2) is 0 Å². The van der Waals surface area contributed by atoms with Crippen molar-refractivity contribution < 1.29 is 18.3 Å². The summed E-state index contributed by atoms with van der Waals surface area (Å²) in [6.45, 7) is 2.40. The first-order chi connectivity index (χ1) is 6.93. The van der Waals surface area contributed by atoms with Gasteiger partial charge in [0.1, 0.15) is 0 Å². The van der Waals surface area contributed by atoms with E-state index in [4.69, 9.17) is 5.11 Å². The summed E-state index contributed by atoms with van der Waals surface area (Å²) in [4.78, 5) is 10.3. The standard InChI is InChI=1S/C9H17NO4S/c1-8-4-2-3-6-10(8)15(13,14)7-5-9(11)12/h8H,2-7H2,1H3,(H,11,12). The molecule has 0 aromatic heterocycles. The van der Waals surface area contributed by atoms with Gasteiger partial charge in [0.05, 0.1) is 12.2 Å². The zero-order valence-corrected chi connectivity index (χ0v) is 9.66. The van der Waals surface area contributed by atoms with Crippen molar-refractivity contribution in [2.24, 2.45) is 0 Å². The molecule has 0 spiro atoms. The summed E-state index contributed by atoms with van der Waals surface area (Å²) in [5.41, 5.74) is 0. The summed E-state index contributed by atoms with van der Waals surface area (Å²) in [6, 6.07) is 0.0116. The van der Waals surface area contributed by atoms with E-state index in [2.05, 4.69) is 0 Å². The molecule has 0 aliphatic carbocycles. The van der Waals surface area contributed by atoms with Crippen LogP contribution >= 0.6 is 0 Å². The summed E-state index contributed by atoms with van der Waals surface area (Å²) >= 11 is 0. The van der Waals surface area contributed by atoms with Crippen molar-refractivity contribution >= 4 is 16.0 Å². The first-order valence-corrected chi connectivity index (χ1v) is 6.76. The van der Waals surface area contributed by atoms with E-state index in [0.29, 0.717) is 6.54 Å². The molecule has 1 N–H and O–H groups in total. The van der Waals surface area contributed by atoms with Gasteiger partial charge < -0.3 is 5.11 Å². The van der Waals surface area contributed by atoms with Gasteiger partial charge in [-0.15, -0.1) is 0 Å². The molecule has 0 bridgehead atoms. The molecule has 15 heavy (non-hydrogen) atoms. The molecule has 88 valence electrons. The van der Waals surface area contributed by atoms with Gasteiger partial charge >= 0.3 is 5.97 Å². The number of nitrogens with zero attached hydrogens (tertiary/aromatic N) is 1. The molecule has 0 saturated carbocycles. The molecule has 0 radical (unpaired) electrons. The van der Waals surface area contributed by atoms with Gasteiger partial charge in [-0.05, 0) is 19.8 Å². The molecule has 1 atom stereocenters. The molecule has 6 heteroatoms. The maximum Gasteiger partial charge on any atom is 0.304 e. The quantitative estimate of drug-likeness (QED) is 0.777. The minimum absolute atomic E-state index is 0.0116. The van der Waals surface area contributed by atoms with E-state index < -0.39 is 16.0 Å². The number of hydrogen-bond acceptors (Lipinski definition) is 3. The lowest BCUT2D eigenvalue weighted by molar-refractivity contribution is -0.136. The smallest absolute Gasteiger partial charge is 0.304 e. The number of carbonyl (C=O) groups is 1. The molecule has 0 aromatic carbocycles. The third-order valence-electron chi connectivity index (χ3n) is 2.67. The molecule has 1 aliphatic rings. The van der Waals surface area contributed by atoms with Crippen molar-refractivity contribution in [1.82, 2.24) is 4.31 Å². The van der Waals surface area contributed by atoms with Gasteiger partial charge in [0, 0.05) is 12.6 Å². The topological polar surface area (TPSA) is 74.7 Å². The van der Waals surface area contributed by atoms with Crippen LogP contribution in [0.25, 0.3) is 0 Å². The number of rotatable bonds is 4. The molecule has 0 amide bonds. The summed E-state index contributed by atoms with van der Waals surface area (Å²) < 4.78 is 25.0. The molecule has 1 heterocycles. The molecule has 1 rings (SSSR count). The van der Waals surface area contributed by atoms with Crippen molar-refractivity contribution in [3.63, 3.8) is 0 Å². The van der Waals surface area contributed by atoms with Crippen LogP contribution in [0.4, 0.5) is 0 Å². The number of carboxylic acids is 1. The summed E-state index contributed by atoms with van der Waals surface area (Å²) in [5, 5.41) is 8.46. The Morgan fingerprint density at radius 1 is 1.47 bits per heavy atom. The highest BCUT2D eigenvalue weighted by Gasteiger charge is 2.29. The second-order valence-electron chi connectivity index (χ2n) is 3.92. The highest BCUT2D eigenvalue weighted by Crippen LogP contribution is 2.20. The highest BCUT2D eigenvalue weighted by molar-refractivity contribution is 7.89. The van der Waals surface area contributed by atoms with Crippen LogP contribution in [0.3, 0.4) is 0 Å². The van der Waals surface area contributed by atoms with E-state index in [1.807, 2.05) is 6.92 Å². The maximum absolute atomic E-state index is 11.8. The van der Waals surface area contributed by atoms with Crippen molar-refractivity contribution in [1.29, 1.82) is 0 Å². The van der Waals surface area contributed by atoms with Gasteiger partial charge in [0.2, 0.25) is 10.0 Å². The molecule has 1 saturated heterocycles. The van der Waals surface area contributed by atoms with Crippen LogP contribution in [0.5, 0.6) is 0 Å². The number of hydrogen-bond donors (Lipinski definition) is 1. The fraction of sp³-hybridized carbons (Fsp3) is 0.889. The van der Waals surface area contributed by atoms with Crippen LogP contribution in [-0.2, 0) is 14.8 Å². The zero-order chi connectivity index (χ0) is 11.5. The molecule has 1 aliphatic heterocycles. The minimum Gasteiger partial charge on any atom is -0.481 e. The third kappa shape index (κ3) is 3.46. The molecular weight excluding hydrogens is 218 g/mol. The molecule has 1 unspecified atom stereocenters. The van der Waals surface area contributed by atoms with E-state index in [9.17, 15) is 13.2 Å². The number of sulfonamides is 1. The lowest BCUT2D eigenvalue weighted by Crippen LogP contribution is -2.43. The van der Waals surface area contributed by atoms with Gasteiger partial charge in [0.25, 0.3) is 0 Å². The zero-order valence-electron chi connectivity index (χ0n) is 8.85. The maximum atomic E-state index is 11.8. The number of aliphatic carboxylic acids is 1. The van der Waals surface area contributed by atoms with Crippen LogP contribution in [0, 0.1) is 0 Å². The fourth-order valence-electron chi connectivity index (χ4n) is 1.82. The largest absolute Gasteiger partial charge is 0.481 e. The van der Waals surface area contributed by atoms with E-state index in [1.165, 1.54) is 4.31 Å². The predicted molar refractivity (Wildman–Crippen MR) is 56.1 cm³/mol. The highest BCUT2D eigenvalue weighted by atomic mass is 32.2. The fourth-order valence-corrected chi connectivity index (χ4v) is 3.55. The average molecular weight is 235 g/mol. The van der Waals surface area contributed by atoms with Gasteiger partial charge in [-0.25, -0.2) is 8.42 Å². The Morgan fingerprint density at radius 2 is 2.13 bits per heavy atom. The average Bonchev–Trinajstić information content (AvgIpc) is 2.15. The summed E-state index contributed by atoms with van der Waals surface area (Å²) in [5.74, 6) is -1.35. The van der Waals surface area contributed by atoms with Gasteiger partial charge in [-0.3, -0.25) is 4.79 Å². The van der Waals surface area contributed by atoms with E-state index >= 15 is 0 Å². The Bertz CT molecular complexity index is 325. The van der Waals surface area contributed by atoms with Crippen molar-refractivity contribution in [3.8, 4) is 0 Å². The summed E-state index contributed by atoms with van der Waals surface area (Å²) in [7, 11) is -3.38. The second kappa shape index (κ2) is 4.94. The second-order valence-corrected chi connectivity index (χ2v) is 5.96. The van der Waals surface area contributed by atoms with Crippen molar-refractivity contribution in [3.05, 3.63) is 0 Å². The summed E-state index contributed by atoms with van der Waals surface area (Å²) in [6.07, 6.45) is 2.47. The van der Waals surface area contributed by atoms with Gasteiger partial charge in [-0.1, -0.05) is 6.42 Å². The first kappa shape index (κ1) is 12.4. The number of piperidine rings is 1. The Balaban J connectivity index is 2.63. The molecular formula is C9H17NO4S. The van der Waals surface area contributed by atoms with Crippen molar-refractivity contribution in [2.45, 2.75) is 38.6 Å². The lowest BCUT2D eigenvalue weighted by atomic mass is 10.1. The van der Waals surface area contributed by atoms with Crippen LogP contribution in [0.2, 0.25) is 0 Å². The van der Waals surface area contributed by atoms with Crippen LogP contribution in [0.15, 0.2) is 0 Å². The van der Waals surface area contributed by atoms with Gasteiger partial charge in [-0.2, -0.15) is 4.31 Å². The van der Waals surface area contributed by atoms with E-state index in [0.717, 1.165) is 19.3 Å². The Labute approximate surface area is 90.1 Å².